The van der Waals surface area contributed by atoms with Gasteiger partial charge in [0.25, 0.3) is 0 Å². The highest BCUT2D eigenvalue weighted by Crippen LogP contribution is 2.32. The number of ketones is 1. The van der Waals surface area contributed by atoms with Crippen LogP contribution in [0.5, 0.6) is 0 Å². The largest absolute Gasteiger partial charge is 0.374 e. The van der Waals surface area contributed by atoms with Gasteiger partial charge in [-0.2, -0.15) is 0 Å². The molecule has 1 fully saturated rings. The first-order chi connectivity index (χ1) is 23.2. The predicted molar refractivity (Wildman–Crippen MR) is 181 cm³/mol. The normalized spacial score (nSPS) is 20.9. The third-order valence-electron chi connectivity index (χ3n) is 8.20. The second-order valence-corrected chi connectivity index (χ2v) is 11.6. The minimum absolute atomic E-state index is 0.174. The molecule has 0 amide bonds. The van der Waals surface area contributed by atoms with E-state index < -0.39 is 30.5 Å². The lowest BCUT2D eigenvalue weighted by Crippen LogP contribution is -2.63. The van der Waals surface area contributed by atoms with Crippen molar-refractivity contribution in [3.8, 4) is 0 Å². The van der Waals surface area contributed by atoms with Crippen LogP contribution in [0.3, 0.4) is 0 Å². The molecule has 0 saturated carbocycles. The molecule has 5 aromatic carbocycles. The van der Waals surface area contributed by atoms with Crippen LogP contribution in [0.2, 0.25) is 0 Å². The molecule has 0 aromatic heterocycles. The fourth-order valence-corrected chi connectivity index (χ4v) is 5.77. The van der Waals surface area contributed by atoms with Gasteiger partial charge in [0.2, 0.25) is 0 Å². The average Bonchev–Trinajstić information content (AvgIpc) is 3.14. The van der Waals surface area contributed by atoms with Gasteiger partial charge in [0, 0.05) is 5.56 Å². The molecule has 1 saturated heterocycles. The molecule has 1 heterocycles. The van der Waals surface area contributed by atoms with E-state index in [1.165, 1.54) is 0 Å². The van der Waals surface area contributed by atoms with Crippen LogP contribution < -0.4 is 0 Å². The van der Waals surface area contributed by atoms with E-state index in [9.17, 15) is 4.79 Å². The van der Waals surface area contributed by atoms with Crippen molar-refractivity contribution >= 4 is 5.78 Å². The van der Waals surface area contributed by atoms with Gasteiger partial charge in [-0.05, 0) is 22.3 Å². The Hall–Kier alpha value is -4.43. The molecule has 5 aromatic rings. The zero-order chi connectivity index (χ0) is 32.1. The second kappa shape index (κ2) is 16.9. The van der Waals surface area contributed by atoms with E-state index in [2.05, 4.69) is 0 Å². The molecular formula is C41H40O6. The van der Waals surface area contributed by atoms with Crippen LogP contribution in [0.4, 0.5) is 0 Å². The summed E-state index contributed by atoms with van der Waals surface area (Å²) in [5, 5.41) is 0. The number of rotatable bonds is 15. The van der Waals surface area contributed by atoms with Crippen LogP contribution in [0, 0.1) is 0 Å². The van der Waals surface area contributed by atoms with Crippen LogP contribution in [-0.4, -0.2) is 42.9 Å². The number of hydrogen-bond donors (Lipinski definition) is 0. The van der Waals surface area contributed by atoms with Crippen molar-refractivity contribution in [1.29, 1.82) is 0 Å². The molecule has 0 N–H and O–H groups in total. The summed E-state index contributed by atoms with van der Waals surface area (Å²) in [5.74, 6) is -0.174. The van der Waals surface area contributed by atoms with Gasteiger partial charge in [-0.25, -0.2) is 0 Å². The average molecular weight is 629 g/mol. The molecule has 0 radical (unpaired) electrons. The quantitative estimate of drug-likeness (QED) is 0.111. The lowest BCUT2D eigenvalue weighted by molar-refractivity contribution is -0.261. The smallest absolute Gasteiger partial charge is 0.194 e. The first-order valence-corrected chi connectivity index (χ1v) is 16.1. The lowest BCUT2D eigenvalue weighted by atomic mass is 9.90. The summed E-state index contributed by atoms with van der Waals surface area (Å²) in [7, 11) is 0. The van der Waals surface area contributed by atoms with Crippen molar-refractivity contribution < 1.29 is 28.5 Å². The molecule has 1 aliphatic heterocycles. The molecule has 0 unspecified atom stereocenters. The maximum atomic E-state index is 14.2. The first kappa shape index (κ1) is 32.5. The van der Waals surface area contributed by atoms with E-state index >= 15 is 0 Å². The number of carbonyl (C=O) groups is 1. The second-order valence-electron chi connectivity index (χ2n) is 11.6. The lowest BCUT2D eigenvalue weighted by Gasteiger charge is -2.45. The summed E-state index contributed by atoms with van der Waals surface area (Å²) < 4.78 is 33.0. The topological polar surface area (TPSA) is 63.2 Å². The molecular weight excluding hydrogens is 588 g/mol. The third-order valence-corrected chi connectivity index (χ3v) is 8.20. The van der Waals surface area contributed by atoms with Gasteiger partial charge in [-0.1, -0.05) is 152 Å². The highest BCUT2D eigenvalue weighted by atomic mass is 16.6. The summed E-state index contributed by atoms with van der Waals surface area (Å²) in [6.45, 7) is 1.51. The Morgan fingerprint density at radius 1 is 0.468 bits per heavy atom. The predicted octanol–water partition coefficient (Wildman–Crippen LogP) is 7.61. The summed E-state index contributed by atoms with van der Waals surface area (Å²) in [5.41, 5.74) is 4.59. The minimum Gasteiger partial charge on any atom is -0.374 e. The van der Waals surface area contributed by atoms with Crippen LogP contribution in [0.15, 0.2) is 152 Å². The van der Waals surface area contributed by atoms with E-state index in [-0.39, 0.29) is 19.0 Å². The summed E-state index contributed by atoms with van der Waals surface area (Å²) in [4.78, 5) is 14.2. The van der Waals surface area contributed by atoms with Crippen molar-refractivity contribution in [2.75, 3.05) is 6.61 Å². The van der Waals surface area contributed by atoms with Gasteiger partial charge < -0.3 is 23.7 Å². The molecule has 6 heteroatoms. The van der Waals surface area contributed by atoms with Crippen LogP contribution >= 0.6 is 0 Å². The number of Topliss-reactive ketones (excluding diaryl/α,β-unsaturated/α-hetero) is 1. The summed E-state index contributed by atoms with van der Waals surface area (Å²) in [6, 6.07) is 49.1. The summed E-state index contributed by atoms with van der Waals surface area (Å²) >= 11 is 0. The van der Waals surface area contributed by atoms with Crippen molar-refractivity contribution in [2.45, 2.75) is 56.9 Å². The Balaban J connectivity index is 1.34. The molecule has 47 heavy (non-hydrogen) atoms. The number of ether oxygens (including phenoxy) is 5. The zero-order valence-electron chi connectivity index (χ0n) is 26.3. The molecule has 5 atom stereocenters. The maximum absolute atomic E-state index is 14.2. The monoisotopic (exact) mass is 628 g/mol. The Kier molecular flexibility index (Phi) is 11.7. The van der Waals surface area contributed by atoms with Crippen molar-refractivity contribution in [2.24, 2.45) is 0 Å². The van der Waals surface area contributed by atoms with Gasteiger partial charge in [-0.3, -0.25) is 4.79 Å². The fraction of sp³-hybridized carbons (Fsp3) is 0.244. The van der Waals surface area contributed by atoms with Gasteiger partial charge in [0.1, 0.15) is 30.5 Å². The van der Waals surface area contributed by atoms with Crippen LogP contribution in [0.25, 0.3) is 0 Å². The first-order valence-electron chi connectivity index (χ1n) is 16.1. The Morgan fingerprint density at radius 3 is 1.32 bits per heavy atom. The van der Waals surface area contributed by atoms with E-state index in [0.29, 0.717) is 25.4 Å². The van der Waals surface area contributed by atoms with E-state index in [0.717, 1.165) is 22.3 Å². The van der Waals surface area contributed by atoms with Crippen molar-refractivity contribution in [1.82, 2.24) is 0 Å². The van der Waals surface area contributed by atoms with E-state index in [1.807, 2.05) is 140 Å². The highest BCUT2D eigenvalue weighted by molar-refractivity contribution is 6.00. The highest BCUT2D eigenvalue weighted by Gasteiger charge is 2.51. The zero-order valence-corrected chi connectivity index (χ0v) is 26.3. The molecule has 1 aliphatic rings. The maximum Gasteiger partial charge on any atom is 0.194 e. The standard InChI is InChI=1S/C41H40O6/c42-37(35-24-14-5-15-25-35)39-41(46-29-34-22-12-4-13-23-34)40(45-28-33-20-10-3-11-21-33)38(44-27-32-18-8-2-9-19-32)36(47-39)30-43-26-31-16-6-1-7-17-31/h1-25,36,38-41H,26-30H2/t36-,38-,39+,40+,41+/m1/s1. The Labute approximate surface area is 276 Å². The molecule has 240 valence electrons. The Bertz CT molecular complexity index is 1620. The number of hydrogen-bond acceptors (Lipinski definition) is 6. The fourth-order valence-electron chi connectivity index (χ4n) is 5.77. The van der Waals surface area contributed by atoms with E-state index in [4.69, 9.17) is 23.7 Å². The van der Waals surface area contributed by atoms with Gasteiger partial charge >= 0.3 is 0 Å². The number of carbonyl (C=O) groups excluding carboxylic acids is 1. The third kappa shape index (κ3) is 9.10. The van der Waals surface area contributed by atoms with Crippen LogP contribution in [0.1, 0.15) is 32.6 Å². The SMILES string of the molecule is O=C(c1ccccc1)[C@@H]1O[C@H](COCc2ccccc2)[C@@H](OCc2ccccc2)[C@H](OCc2ccccc2)[C@H]1OCc1ccccc1. The van der Waals surface area contributed by atoms with Gasteiger partial charge in [-0.15, -0.1) is 0 Å². The van der Waals surface area contributed by atoms with Crippen molar-refractivity contribution in [3.05, 3.63) is 179 Å². The van der Waals surface area contributed by atoms with E-state index in [1.54, 1.807) is 12.1 Å². The summed E-state index contributed by atoms with van der Waals surface area (Å²) in [6.07, 6.45) is -3.59. The van der Waals surface area contributed by atoms with Gasteiger partial charge in [0.15, 0.2) is 5.78 Å². The number of benzene rings is 5. The van der Waals surface area contributed by atoms with Gasteiger partial charge in [0.05, 0.1) is 33.0 Å². The molecule has 0 aliphatic carbocycles. The molecule has 0 spiro atoms. The minimum atomic E-state index is -0.955. The van der Waals surface area contributed by atoms with Crippen LogP contribution in [-0.2, 0) is 50.1 Å². The molecule has 0 bridgehead atoms. The molecule has 6 nitrogen and oxygen atoms in total. The van der Waals surface area contributed by atoms with Crippen molar-refractivity contribution in [3.63, 3.8) is 0 Å². The Morgan fingerprint density at radius 2 is 0.851 bits per heavy atom. The molecule has 6 rings (SSSR count).